The number of para-hydroxylation sites is 1. The van der Waals surface area contributed by atoms with Gasteiger partial charge in [0.15, 0.2) is 0 Å². The first-order valence-electron chi connectivity index (χ1n) is 5.96. The van der Waals surface area contributed by atoms with Crippen molar-refractivity contribution in [2.24, 2.45) is 0 Å². The van der Waals surface area contributed by atoms with Gasteiger partial charge in [-0.25, -0.2) is 12.7 Å². The Balaban J connectivity index is 3.40. The summed E-state index contributed by atoms with van der Waals surface area (Å²) < 4.78 is 26.0. The van der Waals surface area contributed by atoms with Crippen molar-refractivity contribution in [3.63, 3.8) is 0 Å². The molecular formula is C13H21BrN2O2S. The van der Waals surface area contributed by atoms with Gasteiger partial charge in [0.2, 0.25) is 10.0 Å². The van der Waals surface area contributed by atoms with E-state index in [1.807, 2.05) is 24.1 Å². The molecule has 0 aliphatic carbocycles. The molecule has 0 unspecified atom stereocenters. The highest BCUT2D eigenvalue weighted by Crippen LogP contribution is 2.31. The zero-order chi connectivity index (χ0) is 14.8. The van der Waals surface area contributed by atoms with Gasteiger partial charge in [-0.05, 0) is 26.0 Å². The summed E-state index contributed by atoms with van der Waals surface area (Å²) in [6, 6.07) is 7.08. The third kappa shape index (κ3) is 3.30. The van der Waals surface area contributed by atoms with Gasteiger partial charge in [-0.3, -0.25) is 0 Å². The van der Waals surface area contributed by atoms with Gasteiger partial charge in [0.1, 0.15) is 4.90 Å². The maximum Gasteiger partial charge on any atom is 0.244 e. The van der Waals surface area contributed by atoms with Gasteiger partial charge in [-0.15, -0.1) is 0 Å². The van der Waals surface area contributed by atoms with E-state index >= 15 is 0 Å². The van der Waals surface area contributed by atoms with Crippen LogP contribution in [0.3, 0.4) is 0 Å². The van der Waals surface area contributed by atoms with Gasteiger partial charge in [0.05, 0.1) is 5.69 Å². The molecule has 0 bridgehead atoms. The number of benzene rings is 1. The first-order valence-corrected chi connectivity index (χ1v) is 8.52. The van der Waals surface area contributed by atoms with Gasteiger partial charge >= 0.3 is 0 Å². The Morgan fingerprint density at radius 1 is 1.16 bits per heavy atom. The lowest BCUT2D eigenvalue weighted by Crippen LogP contribution is -2.43. The standard InChI is InChI=1S/C13H21BrN2O2S/c1-13(2,10-14)16(5)11-8-6-7-9-12(11)19(17,18)15(3)4/h6-9H,10H2,1-5H3. The highest BCUT2D eigenvalue weighted by atomic mass is 79.9. The summed E-state index contributed by atoms with van der Waals surface area (Å²) in [6.07, 6.45) is 0. The third-order valence-electron chi connectivity index (χ3n) is 3.22. The molecule has 0 saturated carbocycles. The highest BCUT2D eigenvalue weighted by Gasteiger charge is 2.28. The van der Waals surface area contributed by atoms with E-state index < -0.39 is 10.0 Å². The number of anilines is 1. The van der Waals surface area contributed by atoms with Crippen LogP contribution in [0, 0.1) is 0 Å². The summed E-state index contributed by atoms with van der Waals surface area (Å²) in [5.41, 5.74) is 0.526. The average Bonchev–Trinajstić information content (AvgIpc) is 2.37. The van der Waals surface area contributed by atoms with E-state index in [9.17, 15) is 8.42 Å². The van der Waals surface area contributed by atoms with Gasteiger partial charge in [0, 0.05) is 32.0 Å². The molecule has 4 nitrogen and oxygen atoms in total. The van der Waals surface area contributed by atoms with Crippen molar-refractivity contribution >= 4 is 31.6 Å². The van der Waals surface area contributed by atoms with Crippen LogP contribution in [0.25, 0.3) is 0 Å². The van der Waals surface area contributed by atoms with Crippen molar-refractivity contribution in [1.29, 1.82) is 0 Å². The molecule has 108 valence electrons. The van der Waals surface area contributed by atoms with E-state index in [0.29, 0.717) is 10.6 Å². The number of rotatable bonds is 5. The smallest absolute Gasteiger partial charge is 0.244 e. The summed E-state index contributed by atoms with van der Waals surface area (Å²) in [7, 11) is 1.55. The monoisotopic (exact) mass is 348 g/mol. The van der Waals surface area contributed by atoms with Crippen LogP contribution in [-0.4, -0.2) is 44.7 Å². The lowest BCUT2D eigenvalue weighted by Gasteiger charge is -2.37. The van der Waals surface area contributed by atoms with Crippen molar-refractivity contribution in [2.45, 2.75) is 24.3 Å². The average molecular weight is 349 g/mol. The number of nitrogens with zero attached hydrogens (tertiary/aromatic N) is 2. The number of sulfonamides is 1. The molecule has 0 amide bonds. The summed E-state index contributed by atoms with van der Waals surface area (Å²) in [5, 5.41) is 0.743. The second kappa shape index (κ2) is 5.81. The van der Waals surface area contributed by atoms with Gasteiger partial charge in [-0.2, -0.15) is 0 Å². The fraction of sp³-hybridized carbons (Fsp3) is 0.538. The van der Waals surface area contributed by atoms with Crippen LogP contribution in [0.1, 0.15) is 13.8 Å². The molecule has 0 spiro atoms. The predicted molar refractivity (Wildman–Crippen MR) is 83.6 cm³/mol. The molecule has 0 aromatic heterocycles. The minimum absolute atomic E-state index is 0.183. The predicted octanol–water partition coefficient (Wildman–Crippen LogP) is 2.55. The molecule has 6 heteroatoms. The summed E-state index contributed by atoms with van der Waals surface area (Å²) >= 11 is 3.47. The van der Waals surface area contributed by atoms with E-state index in [-0.39, 0.29) is 5.54 Å². The van der Waals surface area contributed by atoms with Gasteiger partial charge in [-0.1, -0.05) is 28.1 Å². The van der Waals surface area contributed by atoms with Crippen LogP contribution in [0.15, 0.2) is 29.2 Å². The van der Waals surface area contributed by atoms with Crippen LogP contribution >= 0.6 is 15.9 Å². The van der Waals surface area contributed by atoms with Crippen molar-refractivity contribution in [2.75, 3.05) is 31.4 Å². The molecule has 0 atom stereocenters. The summed E-state index contributed by atoms with van der Waals surface area (Å²) in [6.45, 7) is 4.11. The van der Waals surface area contributed by atoms with Crippen LogP contribution in [0.5, 0.6) is 0 Å². The lowest BCUT2D eigenvalue weighted by molar-refractivity contribution is 0.516. The van der Waals surface area contributed by atoms with E-state index in [4.69, 9.17) is 0 Å². The largest absolute Gasteiger partial charge is 0.368 e. The molecule has 0 aliphatic heterocycles. The molecule has 1 rings (SSSR count). The molecule has 0 heterocycles. The molecule has 1 aromatic rings. The number of alkyl halides is 1. The molecule has 0 N–H and O–H groups in total. The zero-order valence-electron chi connectivity index (χ0n) is 12.0. The van der Waals surface area contributed by atoms with Crippen LogP contribution in [-0.2, 0) is 10.0 Å². The van der Waals surface area contributed by atoms with Crippen LogP contribution < -0.4 is 4.90 Å². The van der Waals surface area contributed by atoms with Gasteiger partial charge in [0.25, 0.3) is 0 Å². The van der Waals surface area contributed by atoms with Crippen molar-refractivity contribution in [3.8, 4) is 0 Å². The van der Waals surface area contributed by atoms with Crippen molar-refractivity contribution in [1.82, 2.24) is 4.31 Å². The van der Waals surface area contributed by atoms with Crippen molar-refractivity contribution < 1.29 is 8.42 Å². The normalized spacial score (nSPS) is 12.8. The van der Waals surface area contributed by atoms with E-state index in [1.165, 1.54) is 4.31 Å². The Labute approximate surface area is 124 Å². The van der Waals surface area contributed by atoms with Crippen LogP contribution in [0.2, 0.25) is 0 Å². The SMILES string of the molecule is CN(c1ccccc1S(=O)(=O)N(C)C)C(C)(C)CBr. The Morgan fingerprint density at radius 2 is 1.68 bits per heavy atom. The second-order valence-corrected chi connectivity index (χ2v) is 7.94. The van der Waals surface area contributed by atoms with E-state index in [1.54, 1.807) is 26.2 Å². The van der Waals surface area contributed by atoms with E-state index in [2.05, 4.69) is 29.8 Å². The molecule has 19 heavy (non-hydrogen) atoms. The molecule has 0 radical (unpaired) electrons. The first-order chi connectivity index (χ1) is 8.64. The molecule has 0 aliphatic rings. The molecule has 1 aromatic carbocycles. The fourth-order valence-corrected chi connectivity index (χ4v) is 3.05. The fourth-order valence-electron chi connectivity index (χ4n) is 1.56. The molecular weight excluding hydrogens is 328 g/mol. The summed E-state index contributed by atoms with van der Waals surface area (Å²) in [5.74, 6) is 0. The van der Waals surface area contributed by atoms with Crippen LogP contribution in [0.4, 0.5) is 5.69 Å². The lowest BCUT2D eigenvalue weighted by atomic mass is 10.1. The van der Waals surface area contributed by atoms with Gasteiger partial charge < -0.3 is 4.90 Å². The molecule has 0 fully saturated rings. The quantitative estimate of drug-likeness (QED) is 0.767. The van der Waals surface area contributed by atoms with E-state index in [0.717, 1.165) is 5.33 Å². The zero-order valence-corrected chi connectivity index (χ0v) is 14.4. The second-order valence-electron chi connectivity index (χ2n) is 5.26. The van der Waals surface area contributed by atoms with Crippen molar-refractivity contribution in [3.05, 3.63) is 24.3 Å². The number of halogens is 1. The number of hydrogen-bond donors (Lipinski definition) is 0. The Hall–Kier alpha value is -0.590. The highest BCUT2D eigenvalue weighted by molar-refractivity contribution is 9.09. The minimum atomic E-state index is -3.44. The molecule has 0 saturated heterocycles. The topological polar surface area (TPSA) is 40.6 Å². The Kier molecular flexibility index (Phi) is 5.03. The Morgan fingerprint density at radius 3 is 2.16 bits per heavy atom. The minimum Gasteiger partial charge on any atom is -0.368 e. The third-order valence-corrected chi connectivity index (χ3v) is 6.45. The summed E-state index contributed by atoms with van der Waals surface area (Å²) in [4.78, 5) is 2.31. The first kappa shape index (κ1) is 16.5. The maximum absolute atomic E-state index is 12.4. The number of hydrogen-bond acceptors (Lipinski definition) is 3. The Bertz CT molecular complexity index is 541. The maximum atomic E-state index is 12.4.